The van der Waals surface area contributed by atoms with Crippen LogP contribution >= 0.6 is 11.6 Å². The van der Waals surface area contributed by atoms with Crippen LogP contribution in [-0.2, 0) is 6.54 Å². The standard InChI is InChI=1S/C15H14ClN3O2/c1-9-6-11-12(7-13(9)20-2)18-15(16)19-14(11)17-8-10-4-3-5-21-10/h3-7H,8H2,1-2H3,(H,17,18,19). The molecule has 0 aliphatic heterocycles. The molecule has 3 rings (SSSR count). The second-order valence-corrected chi connectivity index (χ2v) is 4.95. The number of hydrogen-bond acceptors (Lipinski definition) is 5. The van der Waals surface area contributed by atoms with E-state index in [0.717, 1.165) is 28.0 Å². The number of benzene rings is 1. The number of rotatable bonds is 4. The van der Waals surface area contributed by atoms with Crippen molar-refractivity contribution in [2.75, 3.05) is 12.4 Å². The third-order valence-corrected chi connectivity index (χ3v) is 3.36. The molecule has 2 heterocycles. The van der Waals surface area contributed by atoms with Gasteiger partial charge in [-0.1, -0.05) is 0 Å². The fourth-order valence-corrected chi connectivity index (χ4v) is 2.35. The number of halogens is 1. The van der Waals surface area contributed by atoms with E-state index in [0.29, 0.717) is 12.4 Å². The highest BCUT2D eigenvalue weighted by Crippen LogP contribution is 2.29. The van der Waals surface area contributed by atoms with E-state index in [1.54, 1.807) is 13.4 Å². The number of nitrogens with one attached hydrogen (secondary N) is 1. The molecule has 0 fully saturated rings. The van der Waals surface area contributed by atoms with Crippen LogP contribution in [0.2, 0.25) is 5.28 Å². The minimum Gasteiger partial charge on any atom is -0.496 e. The first-order valence-electron chi connectivity index (χ1n) is 6.45. The highest BCUT2D eigenvalue weighted by Gasteiger charge is 2.10. The zero-order chi connectivity index (χ0) is 14.8. The number of ether oxygens (including phenoxy) is 1. The van der Waals surface area contributed by atoms with Gasteiger partial charge in [-0.25, -0.2) is 9.97 Å². The van der Waals surface area contributed by atoms with Crippen molar-refractivity contribution in [2.24, 2.45) is 0 Å². The molecule has 3 aromatic rings. The maximum Gasteiger partial charge on any atom is 0.224 e. The number of nitrogens with zero attached hydrogens (tertiary/aromatic N) is 2. The Morgan fingerprint density at radius 2 is 2.19 bits per heavy atom. The molecule has 0 saturated carbocycles. The molecule has 0 radical (unpaired) electrons. The topological polar surface area (TPSA) is 60.2 Å². The number of fused-ring (bicyclic) bond motifs is 1. The summed E-state index contributed by atoms with van der Waals surface area (Å²) >= 11 is 5.99. The molecule has 0 unspecified atom stereocenters. The van der Waals surface area contributed by atoms with Crippen LogP contribution in [0.3, 0.4) is 0 Å². The molecule has 0 aliphatic carbocycles. The Bertz CT molecular complexity index is 772. The summed E-state index contributed by atoms with van der Waals surface area (Å²) in [6.07, 6.45) is 1.64. The lowest BCUT2D eigenvalue weighted by Crippen LogP contribution is -2.03. The lowest BCUT2D eigenvalue weighted by molar-refractivity contribution is 0.412. The first-order chi connectivity index (χ1) is 10.2. The highest BCUT2D eigenvalue weighted by molar-refractivity contribution is 6.28. The van der Waals surface area contributed by atoms with E-state index in [4.69, 9.17) is 20.8 Å². The van der Waals surface area contributed by atoms with Gasteiger partial charge in [0.15, 0.2) is 0 Å². The molecule has 5 nitrogen and oxygen atoms in total. The van der Waals surface area contributed by atoms with E-state index < -0.39 is 0 Å². The zero-order valence-corrected chi connectivity index (χ0v) is 12.4. The van der Waals surface area contributed by atoms with Crippen molar-refractivity contribution in [3.05, 3.63) is 47.1 Å². The van der Waals surface area contributed by atoms with Crippen LogP contribution in [0.15, 0.2) is 34.9 Å². The number of anilines is 1. The van der Waals surface area contributed by atoms with Gasteiger partial charge in [0.25, 0.3) is 0 Å². The fraction of sp³-hybridized carbons (Fsp3) is 0.200. The lowest BCUT2D eigenvalue weighted by atomic mass is 10.1. The molecule has 2 aromatic heterocycles. The van der Waals surface area contributed by atoms with Crippen LogP contribution in [0.1, 0.15) is 11.3 Å². The molecule has 0 amide bonds. The number of furan rings is 1. The molecular formula is C15H14ClN3O2. The molecule has 0 bridgehead atoms. The summed E-state index contributed by atoms with van der Waals surface area (Å²) in [5, 5.41) is 4.31. The van der Waals surface area contributed by atoms with Crippen molar-refractivity contribution < 1.29 is 9.15 Å². The van der Waals surface area contributed by atoms with Crippen molar-refractivity contribution in [3.63, 3.8) is 0 Å². The quantitative estimate of drug-likeness (QED) is 0.743. The monoisotopic (exact) mass is 303 g/mol. The van der Waals surface area contributed by atoms with Gasteiger partial charge >= 0.3 is 0 Å². The van der Waals surface area contributed by atoms with E-state index in [-0.39, 0.29) is 5.28 Å². The Kier molecular flexibility index (Phi) is 3.66. The van der Waals surface area contributed by atoms with Crippen LogP contribution in [0.25, 0.3) is 10.9 Å². The van der Waals surface area contributed by atoms with Crippen LogP contribution < -0.4 is 10.1 Å². The highest BCUT2D eigenvalue weighted by atomic mass is 35.5. The fourth-order valence-electron chi connectivity index (χ4n) is 2.18. The Morgan fingerprint density at radius 1 is 1.33 bits per heavy atom. The minimum absolute atomic E-state index is 0.190. The van der Waals surface area contributed by atoms with Gasteiger partial charge in [-0.2, -0.15) is 0 Å². The minimum atomic E-state index is 0.190. The predicted molar refractivity (Wildman–Crippen MR) is 81.9 cm³/mol. The summed E-state index contributed by atoms with van der Waals surface area (Å²) in [6.45, 7) is 2.50. The largest absolute Gasteiger partial charge is 0.496 e. The first-order valence-corrected chi connectivity index (χ1v) is 6.83. The molecule has 1 N–H and O–H groups in total. The van der Waals surface area contributed by atoms with E-state index >= 15 is 0 Å². The van der Waals surface area contributed by atoms with Crippen molar-refractivity contribution in [2.45, 2.75) is 13.5 Å². The molecule has 6 heteroatoms. The number of aryl methyl sites for hydroxylation is 1. The Morgan fingerprint density at radius 3 is 2.90 bits per heavy atom. The van der Waals surface area contributed by atoms with Crippen molar-refractivity contribution >= 4 is 28.3 Å². The van der Waals surface area contributed by atoms with Gasteiger partial charge in [-0.15, -0.1) is 0 Å². The summed E-state index contributed by atoms with van der Waals surface area (Å²) in [5.41, 5.74) is 1.75. The maximum absolute atomic E-state index is 5.99. The lowest BCUT2D eigenvalue weighted by Gasteiger charge is -2.11. The van der Waals surface area contributed by atoms with Crippen LogP contribution in [0.5, 0.6) is 5.75 Å². The van der Waals surface area contributed by atoms with Crippen LogP contribution in [0, 0.1) is 6.92 Å². The van der Waals surface area contributed by atoms with E-state index in [1.165, 1.54) is 0 Å². The van der Waals surface area contributed by atoms with E-state index in [9.17, 15) is 0 Å². The van der Waals surface area contributed by atoms with Crippen molar-refractivity contribution in [1.82, 2.24) is 9.97 Å². The predicted octanol–water partition coefficient (Wildman–Crippen LogP) is 3.81. The van der Waals surface area contributed by atoms with Crippen molar-refractivity contribution in [1.29, 1.82) is 0 Å². The van der Waals surface area contributed by atoms with Crippen LogP contribution in [0.4, 0.5) is 5.82 Å². The average molecular weight is 304 g/mol. The molecule has 0 saturated heterocycles. The number of hydrogen-bond donors (Lipinski definition) is 1. The average Bonchev–Trinajstić information content (AvgIpc) is 2.98. The third-order valence-electron chi connectivity index (χ3n) is 3.20. The smallest absolute Gasteiger partial charge is 0.224 e. The summed E-state index contributed by atoms with van der Waals surface area (Å²) in [5.74, 6) is 2.27. The second kappa shape index (κ2) is 5.61. The SMILES string of the molecule is COc1cc2nc(Cl)nc(NCc3ccco3)c2cc1C. The molecule has 21 heavy (non-hydrogen) atoms. The maximum atomic E-state index is 5.99. The molecule has 108 valence electrons. The van der Waals surface area contributed by atoms with Gasteiger partial charge in [-0.05, 0) is 42.3 Å². The molecule has 0 atom stereocenters. The molecule has 0 spiro atoms. The zero-order valence-electron chi connectivity index (χ0n) is 11.7. The van der Waals surface area contributed by atoms with Gasteiger partial charge in [0.05, 0.1) is 25.4 Å². The van der Waals surface area contributed by atoms with E-state index in [2.05, 4.69) is 15.3 Å². The van der Waals surface area contributed by atoms with Gasteiger partial charge in [-0.3, -0.25) is 0 Å². The number of methoxy groups -OCH3 is 1. The first kappa shape index (κ1) is 13.7. The summed E-state index contributed by atoms with van der Waals surface area (Å²) in [4.78, 5) is 8.50. The summed E-state index contributed by atoms with van der Waals surface area (Å²) < 4.78 is 10.6. The Labute approximate surface area is 126 Å². The summed E-state index contributed by atoms with van der Waals surface area (Å²) in [6, 6.07) is 7.58. The molecular weight excluding hydrogens is 290 g/mol. The normalized spacial score (nSPS) is 10.8. The van der Waals surface area contributed by atoms with Gasteiger partial charge < -0.3 is 14.5 Å². The molecule has 0 aliphatic rings. The number of aromatic nitrogens is 2. The summed E-state index contributed by atoms with van der Waals surface area (Å²) in [7, 11) is 1.63. The second-order valence-electron chi connectivity index (χ2n) is 4.61. The molecule has 1 aromatic carbocycles. The van der Waals surface area contributed by atoms with Crippen molar-refractivity contribution in [3.8, 4) is 5.75 Å². The van der Waals surface area contributed by atoms with Gasteiger partial charge in [0.1, 0.15) is 17.3 Å². The van der Waals surface area contributed by atoms with E-state index in [1.807, 2.05) is 31.2 Å². The van der Waals surface area contributed by atoms with Gasteiger partial charge in [0, 0.05) is 11.5 Å². The van der Waals surface area contributed by atoms with Gasteiger partial charge in [0.2, 0.25) is 5.28 Å². The Hall–Kier alpha value is -2.27. The van der Waals surface area contributed by atoms with Crippen LogP contribution in [-0.4, -0.2) is 17.1 Å². The Balaban J connectivity index is 2.02. The third kappa shape index (κ3) is 2.78.